The molecular formula is C16H18N2OS. The number of carbonyl (C=O) groups excluding carboxylic acids is 1. The van der Waals surface area contributed by atoms with Gasteiger partial charge >= 0.3 is 6.03 Å². The summed E-state index contributed by atoms with van der Waals surface area (Å²) >= 11 is 1.81. The van der Waals surface area contributed by atoms with Crippen molar-refractivity contribution in [3.63, 3.8) is 0 Å². The van der Waals surface area contributed by atoms with Crippen molar-refractivity contribution < 1.29 is 4.79 Å². The van der Waals surface area contributed by atoms with Crippen LogP contribution in [0, 0.1) is 5.92 Å². The van der Waals surface area contributed by atoms with Crippen LogP contribution < -0.4 is 10.6 Å². The third-order valence-electron chi connectivity index (χ3n) is 3.67. The van der Waals surface area contributed by atoms with Crippen molar-refractivity contribution in [3.05, 3.63) is 48.0 Å². The van der Waals surface area contributed by atoms with Crippen molar-refractivity contribution in [2.75, 3.05) is 6.54 Å². The van der Waals surface area contributed by atoms with Crippen LogP contribution in [-0.2, 0) is 5.75 Å². The highest BCUT2D eigenvalue weighted by molar-refractivity contribution is 7.99. The normalized spacial score (nSPS) is 22.4. The Morgan fingerprint density at radius 2 is 2.00 bits per heavy atom. The number of benzene rings is 2. The zero-order valence-corrected chi connectivity index (χ0v) is 12.2. The maximum Gasteiger partial charge on any atom is 0.315 e. The molecule has 104 valence electrons. The summed E-state index contributed by atoms with van der Waals surface area (Å²) in [6.45, 7) is 2.91. The molecule has 0 aromatic heterocycles. The fourth-order valence-electron chi connectivity index (χ4n) is 2.49. The first kappa shape index (κ1) is 13.3. The number of urea groups is 1. The Hall–Kier alpha value is -1.68. The predicted molar refractivity (Wildman–Crippen MR) is 84.7 cm³/mol. The van der Waals surface area contributed by atoms with E-state index in [9.17, 15) is 4.79 Å². The average molecular weight is 286 g/mol. The highest BCUT2D eigenvalue weighted by Gasteiger charge is 2.25. The van der Waals surface area contributed by atoms with Gasteiger partial charge < -0.3 is 10.6 Å². The van der Waals surface area contributed by atoms with Crippen LogP contribution in [0.15, 0.2) is 42.5 Å². The highest BCUT2D eigenvalue weighted by atomic mass is 32.2. The van der Waals surface area contributed by atoms with Crippen molar-refractivity contribution in [2.45, 2.75) is 18.1 Å². The summed E-state index contributed by atoms with van der Waals surface area (Å²) in [4.78, 5) is 11.4. The first-order valence-electron chi connectivity index (χ1n) is 6.86. The highest BCUT2D eigenvalue weighted by Crippen LogP contribution is 2.27. The number of hydrogen-bond acceptors (Lipinski definition) is 2. The van der Waals surface area contributed by atoms with Gasteiger partial charge in [0.25, 0.3) is 0 Å². The molecule has 0 bridgehead atoms. The SMILES string of the molecule is CC1CNC(=O)NC1SCc1cccc2ccccc12. The molecule has 1 aliphatic rings. The Kier molecular flexibility index (Phi) is 3.83. The van der Waals surface area contributed by atoms with Gasteiger partial charge in [-0.25, -0.2) is 4.79 Å². The van der Waals surface area contributed by atoms with Gasteiger partial charge in [-0.3, -0.25) is 0 Å². The fraction of sp³-hybridized carbons (Fsp3) is 0.312. The lowest BCUT2D eigenvalue weighted by molar-refractivity contribution is 0.227. The molecule has 2 aromatic carbocycles. The smallest absolute Gasteiger partial charge is 0.315 e. The first-order valence-corrected chi connectivity index (χ1v) is 7.91. The summed E-state index contributed by atoms with van der Waals surface area (Å²) in [5.74, 6) is 1.35. The quantitative estimate of drug-likeness (QED) is 0.908. The standard InChI is InChI=1S/C16H18N2OS/c1-11-9-17-16(19)18-15(11)20-10-13-7-4-6-12-5-2-3-8-14(12)13/h2-8,11,15H,9-10H2,1H3,(H2,17,18,19). The van der Waals surface area contributed by atoms with Crippen LogP contribution in [0.2, 0.25) is 0 Å². The Morgan fingerprint density at radius 3 is 2.90 bits per heavy atom. The van der Waals surface area contributed by atoms with Gasteiger partial charge in [-0.2, -0.15) is 0 Å². The topological polar surface area (TPSA) is 41.1 Å². The van der Waals surface area contributed by atoms with Crippen LogP contribution in [-0.4, -0.2) is 17.9 Å². The molecule has 0 radical (unpaired) electrons. The minimum Gasteiger partial charge on any atom is -0.338 e. The zero-order chi connectivity index (χ0) is 13.9. The lowest BCUT2D eigenvalue weighted by Gasteiger charge is -2.30. The number of thioether (sulfide) groups is 1. The molecular weight excluding hydrogens is 268 g/mol. The number of nitrogens with one attached hydrogen (secondary N) is 2. The molecule has 2 N–H and O–H groups in total. The fourth-order valence-corrected chi connectivity index (χ4v) is 3.71. The van der Waals surface area contributed by atoms with E-state index in [4.69, 9.17) is 0 Å². The molecule has 1 fully saturated rings. The van der Waals surface area contributed by atoms with E-state index in [1.165, 1.54) is 16.3 Å². The lowest BCUT2D eigenvalue weighted by atomic mass is 10.1. The van der Waals surface area contributed by atoms with Gasteiger partial charge in [-0.1, -0.05) is 49.4 Å². The van der Waals surface area contributed by atoms with E-state index in [0.717, 1.165) is 12.3 Å². The Labute approximate surface area is 123 Å². The molecule has 2 unspecified atom stereocenters. The number of rotatable bonds is 3. The molecule has 1 aliphatic heterocycles. The van der Waals surface area contributed by atoms with Crippen molar-refractivity contribution in [1.82, 2.24) is 10.6 Å². The van der Waals surface area contributed by atoms with E-state index >= 15 is 0 Å². The number of amides is 2. The minimum absolute atomic E-state index is 0.0569. The van der Waals surface area contributed by atoms with E-state index < -0.39 is 0 Å². The molecule has 3 rings (SSSR count). The second kappa shape index (κ2) is 5.75. The second-order valence-corrected chi connectivity index (χ2v) is 6.33. The maximum atomic E-state index is 11.4. The summed E-state index contributed by atoms with van der Waals surface area (Å²) < 4.78 is 0. The largest absolute Gasteiger partial charge is 0.338 e. The molecule has 0 spiro atoms. The molecule has 2 amide bonds. The molecule has 0 saturated carbocycles. The molecule has 20 heavy (non-hydrogen) atoms. The van der Waals surface area contributed by atoms with E-state index in [-0.39, 0.29) is 11.4 Å². The third kappa shape index (κ3) is 2.75. The van der Waals surface area contributed by atoms with Crippen LogP contribution >= 0.6 is 11.8 Å². The van der Waals surface area contributed by atoms with Crippen LogP contribution in [0.4, 0.5) is 4.79 Å². The van der Waals surface area contributed by atoms with Crippen molar-refractivity contribution in [1.29, 1.82) is 0 Å². The lowest BCUT2D eigenvalue weighted by Crippen LogP contribution is -2.52. The van der Waals surface area contributed by atoms with Gasteiger partial charge in [0.05, 0.1) is 5.37 Å². The van der Waals surface area contributed by atoms with Gasteiger partial charge in [-0.05, 0) is 16.3 Å². The molecule has 3 nitrogen and oxygen atoms in total. The number of carbonyl (C=O) groups is 1. The Morgan fingerprint density at radius 1 is 1.20 bits per heavy atom. The molecule has 2 atom stereocenters. The number of fused-ring (bicyclic) bond motifs is 1. The van der Waals surface area contributed by atoms with E-state index in [1.807, 2.05) is 0 Å². The van der Waals surface area contributed by atoms with Gasteiger partial charge in [-0.15, -0.1) is 11.8 Å². The molecule has 0 aliphatic carbocycles. The maximum absolute atomic E-state index is 11.4. The van der Waals surface area contributed by atoms with E-state index in [2.05, 4.69) is 60.0 Å². The van der Waals surface area contributed by atoms with Crippen molar-refractivity contribution in [3.8, 4) is 0 Å². The van der Waals surface area contributed by atoms with Gasteiger partial charge in [0.1, 0.15) is 0 Å². The number of hydrogen-bond donors (Lipinski definition) is 2. The first-order chi connectivity index (χ1) is 9.74. The van der Waals surface area contributed by atoms with Crippen LogP contribution in [0.1, 0.15) is 12.5 Å². The summed E-state index contributed by atoms with van der Waals surface area (Å²) in [6.07, 6.45) is 0. The summed E-state index contributed by atoms with van der Waals surface area (Å²) in [7, 11) is 0. The minimum atomic E-state index is -0.0569. The van der Waals surface area contributed by atoms with E-state index in [1.54, 1.807) is 11.8 Å². The zero-order valence-electron chi connectivity index (χ0n) is 11.4. The molecule has 1 saturated heterocycles. The predicted octanol–water partition coefficient (Wildman–Crippen LogP) is 3.35. The van der Waals surface area contributed by atoms with Gasteiger partial charge in [0, 0.05) is 18.2 Å². The second-order valence-electron chi connectivity index (χ2n) is 5.20. The van der Waals surface area contributed by atoms with Crippen molar-refractivity contribution in [2.24, 2.45) is 5.92 Å². The molecule has 1 heterocycles. The summed E-state index contributed by atoms with van der Waals surface area (Å²) in [5.41, 5.74) is 1.33. The Balaban J connectivity index is 1.75. The van der Waals surface area contributed by atoms with Crippen molar-refractivity contribution >= 4 is 28.6 Å². The summed E-state index contributed by atoms with van der Waals surface area (Å²) in [5, 5.41) is 8.58. The average Bonchev–Trinajstić information content (AvgIpc) is 2.48. The van der Waals surface area contributed by atoms with Crippen LogP contribution in [0.5, 0.6) is 0 Å². The molecule has 4 heteroatoms. The third-order valence-corrected chi connectivity index (χ3v) is 5.09. The van der Waals surface area contributed by atoms with Crippen LogP contribution in [0.3, 0.4) is 0 Å². The van der Waals surface area contributed by atoms with Crippen LogP contribution in [0.25, 0.3) is 10.8 Å². The Bertz CT molecular complexity index is 623. The van der Waals surface area contributed by atoms with E-state index in [0.29, 0.717) is 5.92 Å². The van der Waals surface area contributed by atoms with Gasteiger partial charge in [0.15, 0.2) is 0 Å². The monoisotopic (exact) mass is 286 g/mol. The van der Waals surface area contributed by atoms with Gasteiger partial charge in [0.2, 0.25) is 0 Å². The molecule has 2 aromatic rings. The summed E-state index contributed by atoms with van der Waals surface area (Å²) in [6, 6.07) is 14.8.